The summed E-state index contributed by atoms with van der Waals surface area (Å²) in [6.07, 6.45) is 1.83. The maximum Gasteiger partial charge on any atom is 0.325 e. The van der Waals surface area contributed by atoms with Gasteiger partial charge in [0.2, 0.25) is 5.91 Å². The van der Waals surface area contributed by atoms with E-state index in [1.807, 2.05) is 13.8 Å². The highest BCUT2D eigenvalue weighted by Crippen LogP contribution is 2.57. The fourth-order valence-corrected chi connectivity index (χ4v) is 3.41. The normalized spacial score (nSPS) is 34.0. The largest absolute Gasteiger partial charge is 0.468 e. The van der Waals surface area contributed by atoms with Crippen molar-refractivity contribution in [3.63, 3.8) is 0 Å². The molecule has 7 heteroatoms. The van der Waals surface area contributed by atoms with Crippen LogP contribution in [0, 0.1) is 11.3 Å². The Kier molecular flexibility index (Phi) is 5.05. The number of hydrogen-bond donors (Lipinski definition) is 2. The third-order valence-corrected chi connectivity index (χ3v) is 4.68. The Balaban J connectivity index is 0.00000200. The number of ether oxygens (including phenoxy) is 2. The molecule has 1 heterocycles. The van der Waals surface area contributed by atoms with Crippen molar-refractivity contribution in [2.24, 2.45) is 17.1 Å². The Labute approximate surface area is 125 Å². The monoisotopic (exact) mass is 306 g/mol. The summed E-state index contributed by atoms with van der Waals surface area (Å²) in [6.45, 7) is 4.46. The molecule has 3 unspecified atom stereocenters. The van der Waals surface area contributed by atoms with Crippen LogP contribution in [0.4, 0.5) is 0 Å². The minimum absolute atomic E-state index is 0. The molecule has 0 aromatic carbocycles. The van der Waals surface area contributed by atoms with Crippen LogP contribution in [0.2, 0.25) is 0 Å². The van der Waals surface area contributed by atoms with Crippen LogP contribution in [-0.2, 0) is 19.1 Å². The fraction of sp³-hybridized carbons (Fsp3) is 0.846. The van der Waals surface area contributed by atoms with E-state index in [-0.39, 0.29) is 36.9 Å². The van der Waals surface area contributed by atoms with E-state index < -0.39 is 16.9 Å². The summed E-state index contributed by atoms with van der Waals surface area (Å²) in [6, 6.07) is 0. The van der Waals surface area contributed by atoms with Crippen molar-refractivity contribution in [2.45, 2.75) is 38.3 Å². The number of halogens is 1. The highest BCUT2D eigenvalue weighted by atomic mass is 35.5. The van der Waals surface area contributed by atoms with Crippen molar-refractivity contribution in [2.75, 3.05) is 20.3 Å². The molecular formula is C13H23ClN2O4. The zero-order chi connectivity index (χ0) is 14.3. The van der Waals surface area contributed by atoms with Crippen molar-refractivity contribution in [1.82, 2.24) is 5.32 Å². The minimum atomic E-state index is -0.980. The number of carbonyl (C=O) groups excluding carboxylic acids is 2. The highest BCUT2D eigenvalue weighted by Gasteiger charge is 2.70. The average Bonchev–Trinajstić information content (AvgIpc) is 2.43. The van der Waals surface area contributed by atoms with Crippen LogP contribution in [-0.4, -0.2) is 43.8 Å². The first-order valence-electron chi connectivity index (χ1n) is 6.61. The Morgan fingerprint density at radius 3 is 2.70 bits per heavy atom. The molecule has 1 aliphatic carbocycles. The number of methoxy groups -OCH3 is 1. The van der Waals surface area contributed by atoms with E-state index in [1.54, 1.807) is 0 Å². The molecule has 2 rings (SSSR count). The molecule has 0 radical (unpaired) electrons. The van der Waals surface area contributed by atoms with Gasteiger partial charge in [-0.05, 0) is 12.8 Å². The van der Waals surface area contributed by atoms with Crippen molar-refractivity contribution >= 4 is 24.3 Å². The molecule has 0 aromatic rings. The van der Waals surface area contributed by atoms with Gasteiger partial charge in [-0.15, -0.1) is 12.4 Å². The predicted molar refractivity (Wildman–Crippen MR) is 75.4 cm³/mol. The topological polar surface area (TPSA) is 90.7 Å². The molecule has 2 fully saturated rings. The molecule has 0 bridgehead atoms. The zero-order valence-corrected chi connectivity index (χ0v) is 12.9. The molecule has 2 aliphatic rings. The van der Waals surface area contributed by atoms with Gasteiger partial charge in [-0.2, -0.15) is 0 Å². The van der Waals surface area contributed by atoms with Crippen molar-refractivity contribution in [3.05, 3.63) is 0 Å². The van der Waals surface area contributed by atoms with Gasteiger partial charge in [0.1, 0.15) is 12.1 Å². The van der Waals surface area contributed by atoms with Crippen LogP contribution in [0.3, 0.4) is 0 Å². The quantitative estimate of drug-likeness (QED) is 0.728. The van der Waals surface area contributed by atoms with Gasteiger partial charge in [0.25, 0.3) is 0 Å². The van der Waals surface area contributed by atoms with E-state index in [1.165, 1.54) is 7.11 Å². The van der Waals surface area contributed by atoms with Gasteiger partial charge in [0, 0.05) is 17.9 Å². The molecule has 0 spiro atoms. The van der Waals surface area contributed by atoms with E-state index in [0.29, 0.717) is 0 Å². The summed E-state index contributed by atoms with van der Waals surface area (Å²) in [4.78, 5) is 23.4. The molecular weight excluding hydrogens is 284 g/mol. The first-order chi connectivity index (χ1) is 8.85. The number of carbonyl (C=O) groups is 2. The standard InChI is InChI=1S/C13H22N2O4.ClH/c1-12(2)10-8(5-4-6-19-10)13(12,14)11(17)15-7-9(16)18-3;/h8,10H,4-7,14H2,1-3H3,(H,15,17);1H. The van der Waals surface area contributed by atoms with E-state index >= 15 is 0 Å². The summed E-state index contributed by atoms with van der Waals surface area (Å²) in [5.41, 5.74) is 4.95. The lowest BCUT2D eigenvalue weighted by molar-refractivity contribution is -0.225. The summed E-state index contributed by atoms with van der Waals surface area (Å²) in [7, 11) is 1.28. The Morgan fingerprint density at radius 1 is 1.45 bits per heavy atom. The Hall–Kier alpha value is -0.850. The smallest absolute Gasteiger partial charge is 0.325 e. The number of amides is 1. The van der Waals surface area contributed by atoms with Gasteiger partial charge in [0.05, 0.1) is 13.2 Å². The highest BCUT2D eigenvalue weighted by molar-refractivity contribution is 5.91. The number of nitrogens with two attached hydrogens (primary N) is 1. The minimum Gasteiger partial charge on any atom is -0.468 e. The Bertz CT molecular complexity index is 402. The predicted octanol–water partition coefficient (Wildman–Crippen LogP) is 0.230. The molecule has 116 valence electrons. The summed E-state index contributed by atoms with van der Waals surface area (Å²) in [5.74, 6) is -0.755. The van der Waals surface area contributed by atoms with Crippen molar-refractivity contribution < 1.29 is 19.1 Å². The lowest BCUT2D eigenvalue weighted by Gasteiger charge is -2.65. The number of fused-ring (bicyclic) bond motifs is 1. The molecule has 0 aromatic heterocycles. The first-order valence-corrected chi connectivity index (χ1v) is 6.61. The Morgan fingerprint density at radius 2 is 2.10 bits per heavy atom. The van der Waals surface area contributed by atoms with Crippen molar-refractivity contribution in [1.29, 1.82) is 0 Å². The lowest BCUT2D eigenvalue weighted by Crippen LogP contribution is -2.82. The van der Waals surface area contributed by atoms with Gasteiger partial charge in [0.15, 0.2) is 0 Å². The van der Waals surface area contributed by atoms with Crippen LogP contribution in [0.5, 0.6) is 0 Å². The second-order valence-corrected chi connectivity index (χ2v) is 5.89. The summed E-state index contributed by atoms with van der Waals surface area (Å²) in [5, 5.41) is 2.57. The lowest BCUT2D eigenvalue weighted by atomic mass is 9.46. The molecule has 1 saturated heterocycles. The maximum absolute atomic E-state index is 12.3. The number of esters is 1. The van der Waals surface area contributed by atoms with Crippen LogP contribution >= 0.6 is 12.4 Å². The molecule has 1 amide bonds. The van der Waals surface area contributed by atoms with E-state index in [9.17, 15) is 9.59 Å². The SMILES string of the molecule is COC(=O)CNC(=O)C1(N)C2CCCOC2C1(C)C.Cl. The number of hydrogen-bond acceptors (Lipinski definition) is 5. The van der Waals surface area contributed by atoms with Crippen LogP contribution < -0.4 is 11.1 Å². The van der Waals surface area contributed by atoms with Crippen LogP contribution in [0.1, 0.15) is 26.7 Å². The first kappa shape index (κ1) is 17.2. The van der Waals surface area contributed by atoms with Crippen LogP contribution in [0.25, 0.3) is 0 Å². The van der Waals surface area contributed by atoms with E-state index in [4.69, 9.17) is 10.5 Å². The molecule has 3 atom stereocenters. The summed E-state index contributed by atoms with van der Waals surface area (Å²) >= 11 is 0. The van der Waals surface area contributed by atoms with Gasteiger partial charge in [-0.3, -0.25) is 9.59 Å². The van der Waals surface area contributed by atoms with Gasteiger partial charge in [-0.25, -0.2) is 0 Å². The van der Waals surface area contributed by atoms with Gasteiger partial charge in [-0.1, -0.05) is 13.8 Å². The molecule has 1 aliphatic heterocycles. The number of rotatable bonds is 3. The molecule has 3 N–H and O–H groups in total. The second kappa shape index (κ2) is 5.87. The van der Waals surface area contributed by atoms with Gasteiger partial charge < -0.3 is 20.5 Å². The molecule has 6 nitrogen and oxygen atoms in total. The third-order valence-electron chi connectivity index (χ3n) is 4.68. The van der Waals surface area contributed by atoms with Crippen molar-refractivity contribution in [3.8, 4) is 0 Å². The van der Waals surface area contributed by atoms with Gasteiger partial charge >= 0.3 is 5.97 Å². The number of nitrogens with one attached hydrogen (secondary N) is 1. The summed E-state index contributed by atoms with van der Waals surface area (Å²) < 4.78 is 10.2. The van der Waals surface area contributed by atoms with E-state index in [2.05, 4.69) is 10.1 Å². The average molecular weight is 307 g/mol. The molecule has 1 saturated carbocycles. The third kappa shape index (κ3) is 2.29. The fourth-order valence-electron chi connectivity index (χ4n) is 3.41. The maximum atomic E-state index is 12.3. The second-order valence-electron chi connectivity index (χ2n) is 5.89. The van der Waals surface area contributed by atoms with E-state index in [0.717, 1.165) is 19.4 Å². The molecule has 20 heavy (non-hydrogen) atoms. The van der Waals surface area contributed by atoms with Crippen LogP contribution in [0.15, 0.2) is 0 Å². The zero-order valence-electron chi connectivity index (χ0n) is 12.1.